The zero-order chi connectivity index (χ0) is 15.2. The molecule has 0 aromatic heterocycles. The third-order valence-electron chi connectivity index (χ3n) is 3.40. The highest BCUT2D eigenvalue weighted by Gasteiger charge is 2.19. The first-order valence-electron chi connectivity index (χ1n) is 6.72. The van der Waals surface area contributed by atoms with E-state index in [1.54, 1.807) is 32.4 Å². The van der Waals surface area contributed by atoms with Crippen LogP contribution < -0.4 is 15.2 Å². The molecular formula is C17H19NO3. The van der Waals surface area contributed by atoms with Crippen LogP contribution in [0, 0.1) is 0 Å². The van der Waals surface area contributed by atoms with Crippen LogP contribution in [0.25, 0.3) is 0 Å². The number of benzene rings is 2. The molecule has 0 saturated carbocycles. The molecule has 0 unspecified atom stereocenters. The van der Waals surface area contributed by atoms with E-state index in [-0.39, 0.29) is 12.2 Å². The molecule has 4 nitrogen and oxygen atoms in total. The molecule has 0 bridgehead atoms. The normalized spacial score (nSPS) is 10.2. The molecule has 110 valence electrons. The van der Waals surface area contributed by atoms with Crippen LogP contribution in [0.4, 0.5) is 0 Å². The Morgan fingerprint density at radius 2 is 1.52 bits per heavy atom. The fourth-order valence-corrected chi connectivity index (χ4v) is 2.32. The van der Waals surface area contributed by atoms with Gasteiger partial charge in [0.05, 0.1) is 14.2 Å². The average molecular weight is 285 g/mol. The Labute approximate surface area is 124 Å². The van der Waals surface area contributed by atoms with Crippen LogP contribution in [0.3, 0.4) is 0 Å². The summed E-state index contributed by atoms with van der Waals surface area (Å²) in [7, 11) is 3.08. The predicted octanol–water partition coefficient (Wildman–Crippen LogP) is 2.59. The SMILES string of the molecule is COc1cccc(OC)c1C(=O)Cc1ccccc1CN. The van der Waals surface area contributed by atoms with E-state index in [1.807, 2.05) is 24.3 Å². The van der Waals surface area contributed by atoms with Gasteiger partial charge in [-0.25, -0.2) is 0 Å². The van der Waals surface area contributed by atoms with Gasteiger partial charge in [0, 0.05) is 13.0 Å². The van der Waals surface area contributed by atoms with E-state index in [0.717, 1.165) is 11.1 Å². The van der Waals surface area contributed by atoms with Crippen molar-refractivity contribution in [3.63, 3.8) is 0 Å². The van der Waals surface area contributed by atoms with Crippen molar-refractivity contribution in [2.24, 2.45) is 5.73 Å². The van der Waals surface area contributed by atoms with Crippen molar-refractivity contribution in [3.05, 3.63) is 59.2 Å². The third kappa shape index (κ3) is 3.23. The first-order chi connectivity index (χ1) is 10.2. The molecule has 0 heterocycles. The summed E-state index contributed by atoms with van der Waals surface area (Å²) in [6, 6.07) is 13.0. The Bertz CT molecular complexity index is 615. The van der Waals surface area contributed by atoms with Crippen LogP contribution in [-0.2, 0) is 13.0 Å². The van der Waals surface area contributed by atoms with Gasteiger partial charge in [-0.1, -0.05) is 30.3 Å². The largest absolute Gasteiger partial charge is 0.496 e. The standard InChI is InChI=1S/C17H19NO3/c1-20-15-8-5-9-16(21-2)17(15)14(19)10-12-6-3-4-7-13(12)11-18/h3-9H,10-11,18H2,1-2H3. The lowest BCUT2D eigenvalue weighted by atomic mass is 9.97. The number of carbonyl (C=O) groups is 1. The quantitative estimate of drug-likeness (QED) is 0.829. The molecule has 0 saturated heterocycles. The van der Waals surface area contributed by atoms with E-state index in [2.05, 4.69) is 0 Å². The van der Waals surface area contributed by atoms with Crippen LogP contribution in [0.5, 0.6) is 11.5 Å². The highest BCUT2D eigenvalue weighted by Crippen LogP contribution is 2.29. The molecule has 0 aliphatic carbocycles. The van der Waals surface area contributed by atoms with Gasteiger partial charge < -0.3 is 15.2 Å². The van der Waals surface area contributed by atoms with Crippen molar-refractivity contribution in [2.75, 3.05) is 14.2 Å². The minimum Gasteiger partial charge on any atom is -0.496 e. The number of ketones is 1. The molecule has 4 heteroatoms. The lowest BCUT2D eigenvalue weighted by Gasteiger charge is -2.13. The van der Waals surface area contributed by atoms with Gasteiger partial charge in [0.15, 0.2) is 5.78 Å². The second kappa shape index (κ2) is 6.90. The summed E-state index contributed by atoms with van der Waals surface area (Å²) < 4.78 is 10.6. The maximum atomic E-state index is 12.6. The summed E-state index contributed by atoms with van der Waals surface area (Å²) in [5, 5.41) is 0. The van der Waals surface area contributed by atoms with E-state index in [0.29, 0.717) is 23.6 Å². The van der Waals surface area contributed by atoms with Gasteiger partial charge >= 0.3 is 0 Å². The highest BCUT2D eigenvalue weighted by atomic mass is 16.5. The minimum atomic E-state index is -0.0507. The van der Waals surface area contributed by atoms with Crippen molar-refractivity contribution in [1.29, 1.82) is 0 Å². The van der Waals surface area contributed by atoms with Gasteiger partial charge in [-0.05, 0) is 23.3 Å². The summed E-state index contributed by atoms with van der Waals surface area (Å²) in [5.74, 6) is 0.986. The summed E-state index contributed by atoms with van der Waals surface area (Å²) in [5.41, 5.74) is 8.08. The Morgan fingerprint density at radius 3 is 2.05 bits per heavy atom. The first kappa shape index (κ1) is 15.1. The van der Waals surface area contributed by atoms with Gasteiger partial charge in [-0.2, -0.15) is 0 Å². The molecule has 2 aromatic carbocycles. The van der Waals surface area contributed by atoms with Gasteiger partial charge in [-0.15, -0.1) is 0 Å². The fourth-order valence-electron chi connectivity index (χ4n) is 2.32. The van der Waals surface area contributed by atoms with Crippen LogP contribution in [0.1, 0.15) is 21.5 Å². The molecular weight excluding hydrogens is 266 g/mol. The molecule has 0 amide bonds. The summed E-state index contributed by atoms with van der Waals surface area (Å²) in [6.07, 6.45) is 0.268. The smallest absolute Gasteiger partial charge is 0.174 e. The summed E-state index contributed by atoms with van der Waals surface area (Å²) >= 11 is 0. The lowest BCUT2D eigenvalue weighted by molar-refractivity contribution is 0.0986. The van der Waals surface area contributed by atoms with Crippen molar-refractivity contribution < 1.29 is 14.3 Å². The van der Waals surface area contributed by atoms with Crippen LogP contribution in [0.2, 0.25) is 0 Å². The minimum absolute atomic E-state index is 0.0507. The number of carbonyl (C=O) groups excluding carboxylic acids is 1. The summed E-state index contributed by atoms with van der Waals surface area (Å²) in [4.78, 5) is 12.6. The second-order valence-corrected chi connectivity index (χ2v) is 4.61. The van der Waals surface area contributed by atoms with Gasteiger partial charge in [0.1, 0.15) is 17.1 Å². The lowest BCUT2D eigenvalue weighted by Crippen LogP contribution is -2.10. The Hall–Kier alpha value is -2.33. The zero-order valence-electron chi connectivity index (χ0n) is 12.3. The molecule has 0 aliphatic heterocycles. The van der Waals surface area contributed by atoms with Gasteiger partial charge in [0.25, 0.3) is 0 Å². The molecule has 21 heavy (non-hydrogen) atoms. The van der Waals surface area contributed by atoms with E-state index >= 15 is 0 Å². The second-order valence-electron chi connectivity index (χ2n) is 4.61. The molecule has 0 radical (unpaired) electrons. The first-order valence-corrected chi connectivity index (χ1v) is 6.72. The van der Waals surface area contributed by atoms with Crippen molar-refractivity contribution in [2.45, 2.75) is 13.0 Å². The number of hydrogen-bond acceptors (Lipinski definition) is 4. The van der Waals surface area contributed by atoms with Crippen molar-refractivity contribution >= 4 is 5.78 Å². The van der Waals surface area contributed by atoms with Gasteiger partial charge in [0.2, 0.25) is 0 Å². The van der Waals surface area contributed by atoms with Crippen LogP contribution in [-0.4, -0.2) is 20.0 Å². The number of methoxy groups -OCH3 is 2. The van der Waals surface area contributed by atoms with E-state index in [9.17, 15) is 4.79 Å². The molecule has 0 aliphatic rings. The number of Topliss-reactive ketones (excluding diaryl/α,β-unsaturated/α-hetero) is 1. The maximum Gasteiger partial charge on any atom is 0.174 e. The number of nitrogens with two attached hydrogens (primary N) is 1. The zero-order valence-corrected chi connectivity index (χ0v) is 12.3. The van der Waals surface area contributed by atoms with Crippen molar-refractivity contribution in [3.8, 4) is 11.5 Å². The maximum absolute atomic E-state index is 12.6. The molecule has 2 rings (SSSR count). The predicted molar refractivity (Wildman–Crippen MR) is 81.9 cm³/mol. The summed E-state index contributed by atoms with van der Waals surface area (Å²) in [6.45, 7) is 0.409. The Morgan fingerprint density at radius 1 is 0.952 bits per heavy atom. The van der Waals surface area contributed by atoms with E-state index in [1.165, 1.54) is 0 Å². The molecule has 0 spiro atoms. The van der Waals surface area contributed by atoms with Crippen LogP contribution >= 0.6 is 0 Å². The number of ether oxygens (including phenoxy) is 2. The monoisotopic (exact) mass is 285 g/mol. The number of rotatable bonds is 6. The van der Waals surface area contributed by atoms with Crippen LogP contribution in [0.15, 0.2) is 42.5 Å². The fraction of sp³-hybridized carbons (Fsp3) is 0.235. The Balaban J connectivity index is 2.36. The topological polar surface area (TPSA) is 61.5 Å². The van der Waals surface area contributed by atoms with E-state index < -0.39 is 0 Å². The van der Waals surface area contributed by atoms with E-state index in [4.69, 9.17) is 15.2 Å². The third-order valence-corrected chi connectivity index (χ3v) is 3.40. The molecule has 2 aromatic rings. The van der Waals surface area contributed by atoms with Gasteiger partial charge in [-0.3, -0.25) is 4.79 Å². The van der Waals surface area contributed by atoms with Crippen molar-refractivity contribution in [1.82, 2.24) is 0 Å². The molecule has 0 atom stereocenters. The average Bonchev–Trinajstić information content (AvgIpc) is 2.54. The number of hydrogen-bond donors (Lipinski definition) is 1. The highest BCUT2D eigenvalue weighted by molar-refractivity contribution is 6.02. The molecule has 2 N–H and O–H groups in total. The molecule has 0 fully saturated rings. The Kier molecular flexibility index (Phi) is 4.95.